The monoisotopic (exact) mass is 284 g/mol. The van der Waals surface area contributed by atoms with Crippen molar-refractivity contribution in [2.24, 2.45) is 5.84 Å². The molecule has 0 aliphatic heterocycles. The van der Waals surface area contributed by atoms with Crippen LogP contribution in [0.15, 0.2) is 36.7 Å². The molecule has 3 aromatic rings. The van der Waals surface area contributed by atoms with Gasteiger partial charge in [-0.2, -0.15) is 10.1 Å². The minimum Gasteiger partial charge on any atom is -0.435 e. The predicted molar refractivity (Wildman–Crippen MR) is 79.9 cm³/mol. The largest absolute Gasteiger partial charge is 0.435 e. The van der Waals surface area contributed by atoms with E-state index in [1.807, 2.05) is 35.1 Å². The first-order valence-electron chi connectivity index (χ1n) is 6.74. The number of aromatic nitrogens is 4. The van der Waals surface area contributed by atoms with Gasteiger partial charge in [0.2, 0.25) is 11.8 Å². The summed E-state index contributed by atoms with van der Waals surface area (Å²) in [4.78, 5) is 8.55. The Morgan fingerprint density at radius 1 is 1.29 bits per heavy atom. The summed E-state index contributed by atoms with van der Waals surface area (Å²) in [7, 11) is 0. The van der Waals surface area contributed by atoms with Crippen LogP contribution >= 0.6 is 0 Å². The van der Waals surface area contributed by atoms with Gasteiger partial charge in [-0.25, -0.2) is 10.8 Å². The summed E-state index contributed by atoms with van der Waals surface area (Å²) in [6.07, 6.45) is 4.52. The standard InChI is InChI=1S/C14H16N6O/c1-2-7-20-9-10(8-16-20)21-13-11-5-3-4-6-12(11)17-14(18-13)19-15/h3-6,8-9H,2,7,15H2,1H3,(H,17,18,19). The van der Waals surface area contributed by atoms with Gasteiger partial charge in [0.1, 0.15) is 0 Å². The Kier molecular flexibility index (Phi) is 3.65. The predicted octanol–water partition coefficient (Wildman–Crippen LogP) is 2.31. The van der Waals surface area contributed by atoms with Gasteiger partial charge in [0.25, 0.3) is 0 Å². The van der Waals surface area contributed by atoms with Gasteiger partial charge >= 0.3 is 0 Å². The molecule has 0 aliphatic carbocycles. The SMILES string of the molecule is CCCn1cc(Oc2nc(NN)nc3ccccc23)cn1. The van der Waals surface area contributed by atoms with Crippen LogP contribution in [0, 0.1) is 0 Å². The highest BCUT2D eigenvalue weighted by molar-refractivity contribution is 5.84. The first-order valence-corrected chi connectivity index (χ1v) is 6.74. The van der Waals surface area contributed by atoms with Crippen LogP contribution in [0.2, 0.25) is 0 Å². The van der Waals surface area contributed by atoms with Crippen LogP contribution in [-0.4, -0.2) is 19.7 Å². The van der Waals surface area contributed by atoms with Crippen LogP contribution in [0.5, 0.6) is 11.6 Å². The van der Waals surface area contributed by atoms with Crippen molar-refractivity contribution in [1.82, 2.24) is 19.7 Å². The highest BCUT2D eigenvalue weighted by atomic mass is 16.5. The topological polar surface area (TPSA) is 90.9 Å². The number of fused-ring (bicyclic) bond motifs is 1. The van der Waals surface area contributed by atoms with Crippen molar-refractivity contribution in [3.8, 4) is 11.6 Å². The molecule has 0 aliphatic rings. The summed E-state index contributed by atoms with van der Waals surface area (Å²) in [5.74, 6) is 6.79. The zero-order chi connectivity index (χ0) is 14.7. The molecule has 0 fully saturated rings. The zero-order valence-corrected chi connectivity index (χ0v) is 11.7. The number of nitrogens with one attached hydrogen (secondary N) is 1. The summed E-state index contributed by atoms with van der Waals surface area (Å²) in [6, 6.07) is 7.60. The van der Waals surface area contributed by atoms with E-state index in [1.165, 1.54) is 0 Å². The molecule has 7 nitrogen and oxygen atoms in total. The molecule has 3 N–H and O–H groups in total. The first-order chi connectivity index (χ1) is 10.3. The van der Waals surface area contributed by atoms with Crippen molar-refractivity contribution in [3.63, 3.8) is 0 Å². The maximum atomic E-state index is 5.83. The van der Waals surface area contributed by atoms with E-state index < -0.39 is 0 Å². The van der Waals surface area contributed by atoms with Crippen LogP contribution in [-0.2, 0) is 6.54 Å². The molecule has 0 bridgehead atoms. The van der Waals surface area contributed by atoms with E-state index in [2.05, 4.69) is 27.4 Å². The summed E-state index contributed by atoms with van der Waals surface area (Å²) >= 11 is 0. The fourth-order valence-corrected chi connectivity index (χ4v) is 2.05. The summed E-state index contributed by atoms with van der Waals surface area (Å²) < 4.78 is 7.67. The molecule has 0 saturated heterocycles. The second kappa shape index (κ2) is 5.76. The van der Waals surface area contributed by atoms with Crippen molar-refractivity contribution >= 4 is 16.9 Å². The van der Waals surface area contributed by atoms with Gasteiger partial charge in [-0.15, -0.1) is 0 Å². The highest BCUT2D eigenvalue weighted by Gasteiger charge is 2.10. The van der Waals surface area contributed by atoms with E-state index in [9.17, 15) is 0 Å². The van der Waals surface area contributed by atoms with Gasteiger partial charge in [-0.1, -0.05) is 19.1 Å². The number of anilines is 1. The molecule has 0 radical (unpaired) electrons. The number of hydrogen-bond acceptors (Lipinski definition) is 6. The van der Waals surface area contributed by atoms with Crippen LogP contribution in [0.3, 0.4) is 0 Å². The number of nitrogens with two attached hydrogens (primary N) is 1. The molecule has 2 aromatic heterocycles. The van der Waals surface area contributed by atoms with Crippen LogP contribution in [0.25, 0.3) is 10.9 Å². The number of ether oxygens (including phenoxy) is 1. The Morgan fingerprint density at radius 3 is 2.95 bits per heavy atom. The quantitative estimate of drug-likeness (QED) is 0.552. The van der Waals surface area contributed by atoms with Crippen LogP contribution in [0.1, 0.15) is 13.3 Å². The van der Waals surface area contributed by atoms with Crippen molar-refractivity contribution in [3.05, 3.63) is 36.7 Å². The molecular formula is C14H16N6O. The maximum Gasteiger partial charge on any atom is 0.241 e. The molecule has 0 spiro atoms. The molecule has 0 amide bonds. The molecule has 108 valence electrons. The smallest absolute Gasteiger partial charge is 0.241 e. The molecule has 21 heavy (non-hydrogen) atoms. The molecule has 2 heterocycles. The van der Waals surface area contributed by atoms with Gasteiger partial charge in [0.05, 0.1) is 23.3 Å². The van der Waals surface area contributed by atoms with Gasteiger partial charge in [-0.3, -0.25) is 10.1 Å². The first kappa shape index (κ1) is 13.3. The number of benzene rings is 1. The van der Waals surface area contributed by atoms with Gasteiger partial charge in [0, 0.05) is 6.54 Å². The van der Waals surface area contributed by atoms with E-state index in [0.717, 1.165) is 23.9 Å². The summed E-state index contributed by atoms with van der Waals surface area (Å²) in [6.45, 7) is 2.95. The number of aryl methyl sites for hydroxylation is 1. The second-order valence-electron chi connectivity index (χ2n) is 4.56. The zero-order valence-electron chi connectivity index (χ0n) is 11.7. The molecule has 0 saturated carbocycles. The molecule has 3 rings (SSSR count). The number of para-hydroxylation sites is 1. The normalized spacial score (nSPS) is 10.8. The molecular weight excluding hydrogens is 268 g/mol. The molecule has 7 heteroatoms. The second-order valence-corrected chi connectivity index (χ2v) is 4.56. The van der Waals surface area contributed by atoms with Crippen molar-refractivity contribution in [1.29, 1.82) is 0 Å². The molecule has 0 unspecified atom stereocenters. The highest BCUT2D eigenvalue weighted by Crippen LogP contribution is 2.27. The van der Waals surface area contributed by atoms with Crippen molar-refractivity contribution in [2.45, 2.75) is 19.9 Å². The van der Waals surface area contributed by atoms with Crippen LogP contribution in [0.4, 0.5) is 5.95 Å². The van der Waals surface area contributed by atoms with E-state index in [0.29, 0.717) is 17.6 Å². The Hall–Kier alpha value is -2.67. The fraction of sp³-hybridized carbons (Fsp3) is 0.214. The molecule has 1 aromatic carbocycles. The van der Waals surface area contributed by atoms with E-state index in [4.69, 9.17) is 10.6 Å². The Morgan fingerprint density at radius 2 is 2.14 bits per heavy atom. The third-order valence-electron chi connectivity index (χ3n) is 2.97. The molecule has 0 atom stereocenters. The minimum atomic E-state index is 0.310. The minimum absolute atomic E-state index is 0.310. The summed E-state index contributed by atoms with van der Waals surface area (Å²) in [5.41, 5.74) is 3.21. The van der Waals surface area contributed by atoms with E-state index in [1.54, 1.807) is 6.20 Å². The van der Waals surface area contributed by atoms with Gasteiger partial charge in [-0.05, 0) is 18.6 Å². The number of hydrogen-bond donors (Lipinski definition) is 2. The Labute approximate surface area is 121 Å². The number of nitrogens with zero attached hydrogens (tertiary/aromatic N) is 4. The van der Waals surface area contributed by atoms with Crippen LogP contribution < -0.4 is 16.0 Å². The lowest BCUT2D eigenvalue weighted by Crippen LogP contribution is -2.10. The van der Waals surface area contributed by atoms with Crippen molar-refractivity contribution < 1.29 is 4.74 Å². The Bertz CT molecular complexity index is 754. The van der Waals surface area contributed by atoms with E-state index >= 15 is 0 Å². The number of rotatable bonds is 5. The average Bonchev–Trinajstić information content (AvgIpc) is 2.94. The lowest BCUT2D eigenvalue weighted by Gasteiger charge is -2.07. The third-order valence-corrected chi connectivity index (χ3v) is 2.97. The number of hydrazine groups is 1. The van der Waals surface area contributed by atoms with E-state index in [-0.39, 0.29) is 0 Å². The lowest BCUT2D eigenvalue weighted by molar-refractivity contribution is 0.467. The fourth-order valence-electron chi connectivity index (χ4n) is 2.05. The van der Waals surface area contributed by atoms with Gasteiger partial charge < -0.3 is 4.74 Å². The Balaban J connectivity index is 1.98. The third kappa shape index (κ3) is 2.77. The lowest BCUT2D eigenvalue weighted by atomic mass is 10.2. The summed E-state index contributed by atoms with van der Waals surface area (Å²) in [5, 5.41) is 5.05. The number of nitrogen functional groups attached to an aromatic ring is 1. The average molecular weight is 284 g/mol. The van der Waals surface area contributed by atoms with Crippen molar-refractivity contribution in [2.75, 3.05) is 5.43 Å². The van der Waals surface area contributed by atoms with Gasteiger partial charge in [0.15, 0.2) is 5.75 Å². The maximum absolute atomic E-state index is 5.83.